The maximum absolute atomic E-state index is 13.0. The van der Waals surface area contributed by atoms with Crippen LogP contribution in [-0.4, -0.2) is 20.7 Å². The maximum Gasteiger partial charge on any atom is 0.416 e. The Balaban J connectivity index is 1.71. The first-order chi connectivity index (χ1) is 14.9. The summed E-state index contributed by atoms with van der Waals surface area (Å²) in [6.07, 6.45) is -10.1. The van der Waals surface area contributed by atoms with Crippen molar-refractivity contribution in [3.05, 3.63) is 76.6 Å². The molecule has 0 aliphatic heterocycles. The van der Waals surface area contributed by atoms with E-state index in [2.05, 4.69) is 15.5 Å². The van der Waals surface area contributed by atoms with Crippen molar-refractivity contribution in [2.75, 3.05) is 0 Å². The van der Waals surface area contributed by atoms with E-state index in [1.165, 1.54) is 11.8 Å². The zero-order valence-corrected chi connectivity index (χ0v) is 17.3. The number of halogens is 6. The third-order valence-electron chi connectivity index (χ3n) is 4.39. The molecule has 0 radical (unpaired) electrons. The first-order valence-corrected chi connectivity index (χ1v) is 10.1. The fourth-order valence-electron chi connectivity index (χ4n) is 2.69. The highest BCUT2D eigenvalue weighted by molar-refractivity contribution is 7.98. The van der Waals surface area contributed by atoms with Gasteiger partial charge < -0.3 is 9.88 Å². The van der Waals surface area contributed by atoms with Crippen LogP contribution in [0.4, 0.5) is 26.3 Å². The Labute approximate surface area is 182 Å². The summed E-state index contributed by atoms with van der Waals surface area (Å²) in [5.74, 6) is -0.191. The zero-order chi connectivity index (χ0) is 23.5. The largest absolute Gasteiger partial charge is 0.416 e. The Kier molecular flexibility index (Phi) is 6.82. The summed E-state index contributed by atoms with van der Waals surface area (Å²) in [5, 5.41) is 10.8. The molecule has 0 bridgehead atoms. The number of amides is 1. The minimum Gasteiger partial charge on any atom is -0.345 e. The van der Waals surface area contributed by atoms with Crippen LogP contribution in [0, 0.1) is 0 Å². The van der Waals surface area contributed by atoms with Gasteiger partial charge in [-0.3, -0.25) is 4.79 Å². The lowest BCUT2D eigenvalue weighted by Crippen LogP contribution is -2.25. The molecule has 0 aliphatic rings. The van der Waals surface area contributed by atoms with Crippen LogP contribution in [0.25, 0.3) is 0 Å². The molecule has 1 amide bonds. The van der Waals surface area contributed by atoms with Crippen LogP contribution in [0.5, 0.6) is 0 Å². The van der Waals surface area contributed by atoms with Gasteiger partial charge in [0.15, 0.2) is 11.0 Å². The van der Waals surface area contributed by atoms with Crippen molar-refractivity contribution in [1.82, 2.24) is 20.1 Å². The summed E-state index contributed by atoms with van der Waals surface area (Å²) in [4.78, 5) is 12.3. The number of aromatic nitrogens is 3. The number of nitrogens with one attached hydrogen (secondary N) is 1. The number of hydrogen-bond donors (Lipinski definition) is 1. The van der Waals surface area contributed by atoms with Gasteiger partial charge in [-0.15, -0.1) is 10.2 Å². The van der Waals surface area contributed by atoms with Crippen LogP contribution in [-0.2, 0) is 31.7 Å². The number of rotatable bonds is 6. The lowest BCUT2D eigenvalue weighted by molar-refractivity contribution is -0.143. The first kappa shape index (κ1) is 23.6. The van der Waals surface area contributed by atoms with Gasteiger partial charge in [0.2, 0.25) is 0 Å². The molecule has 12 heteroatoms. The number of benzene rings is 2. The van der Waals surface area contributed by atoms with Crippen molar-refractivity contribution < 1.29 is 31.1 Å². The highest BCUT2D eigenvalue weighted by atomic mass is 32.2. The molecule has 0 aliphatic carbocycles. The molecule has 0 atom stereocenters. The van der Waals surface area contributed by atoms with Crippen molar-refractivity contribution >= 4 is 17.7 Å². The number of nitrogens with zero attached hydrogens (tertiary/aromatic N) is 3. The molecule has 1 N–H and O–H groups in total. The van der Waals surface area contributed by atoms with Crippen LogP contribution in [0.1, 0.15) is 32.9 Å². The molecule has 0 spiro atoms. The van der Waals surface area contributed by atoms with E-state index in [9.17, 15) is 31.1 Å². The van der Waals surface area contributed by atoms with Gasteiger partial charge in [0.05, 0.1) is 17.7 Å². The Bertz CT molecular complexity index is 1060. The van der Waals surface area contributed by atoms with E-state index in [1.807, 2.05) is 30.3 Å². The third kappa shape index (κ3) is 5.81. The van der Waals surface area contributed by atoms with E-state index in [0.29, 0.717) is 23.0 Å². The first-order valence-electron chi connectivity index (χ1n) is 9.08. The highest BCUT2D eigenvalue weighted by Crippen LogP contribution is 2.36. The van der Waals surface area contributed by atoms with Gasteiger partial charge in [-0.25, -0.2) is 0 Å². The summed E-state index contributed by atoms with van der Waals surface area (Å²) < 4.78 is 79.5. The van der Waals surface area contributed by atoms with E-state index in [4.69, 9.17) is 0 Å². The molecule has 3 rings (SSSR count). The fraction of sp³-hybridized carbons (Fsp3) is 0.250. The Morgan fingerprint density at radius 3 is 2.12 bits per heavy atom. The van der Waals surface area contributed by atoms with Gasteiger partial charge in [0.25, 0.3) is 5.91 Å². The quantitative estimate of drug-likeness (QED) is 0.400. The van der Waals surface area contributed by atoms with Crippen molar-refractivity contribution in [3.8, 4) is 0 Å². The van der Waals surface area contributed by atoms with E-state index >= 15 is 0 Å². The summed E-state index contributed by atoms with van der Waals surface area (Å²) in [5.41, 5.74) is -2.82. The van der Waals surface area contributed by atoms with Crippen molar-refractivity contribution in [3.63, 3.8) is 0 Å². The molecule has 3 aromatic rings. The molecule has 0 fully saturated rings. The lowest BCUT2D eigenvalue weighted by atomic mass is 10.0. The van der Waals surface area contributed by atoms with Gasteiger partial charge in [-0.2, -0.15) is 26.3 Å². The molecular weight excluding hydrogens is 458 g/mol. The standard InChI is InChI=1S/C20H16F6N4OS/c1-30-16(28-29-18(30)32-11-12-5-3-2-4-6-12)10-27-17(31)13-7-14(19(21,22)23)9-15(8-13)20(24,25)26/h2-9H,10-11H2,1H3,(H,27,31). The number of carbonyl (C=O) groups is 1. The van der Waals surface area contributed by atoms with Crippen LogP contribution in [0.3, 0.4) is 0 Å². The monoisotopic (exact) mass is 474 g/mol. The van der Waals surface area contributed by atoms with Gasteiger partial charge >= 0.3 is 12.4 Å². The molecule has 32 heavy (non-hydrogen) atoms. The van der Waals surface area contributed by atoms with E-state index in [1.54, 1.807) is 11.6 Å². The molecule has 5 nitrogen and oxygen atoms in total. The molecule has 0 saturated heterocycles. The maximum atomic E-state index is 13.0. The summed E-state index contributed by atoms with van der Waals surface area (Å²) in [6, 6.07) is 10.3. The van der Waals surface area contributed by atoms with E-state index in [-0.39, 0.29) is 18.4 Å². The average Bonchev–Trinajstić information content (AvgIpc) is 3.09. The summed E-state index contributed by atoms with van der Waals surface area (Å²) in [6.45, 7) is -0.230. The predicted octanol–water partition coefficient (Wildman–Crippen LogP) is 5.08. The van der Waals surface area contributed by atoms with Crippen molar-refractivity contribution in [1.29, 1.82) is 0 Å². The Hall–Kier alpha value is -3.02. The second-order valence-corrected chi connectivity index (χ2v) is 7.65. The second kappa shape index (κ2) is 9.23. The zero-order valence-electron chi connectivity index (χ0n) is 16.5. The topological polar surface area (TPSA) is 59.8 Å². The number of carbonyl (C=O) groups excluding carboxylic acids is 1. The minimum absolute atomic E-state index is 0.0321. The Morgan fingerprint density at radius 1 is 0.969 bits per heavy atom. The van der Waals surface area contributed by atoms with Gasteiger partial charge in [0, 0.05) is 18.4 Å². The molecular formula is C20H16F6N4OS. The van der Waals surface area contributed by atoms with Crippen molar-refractivity contribution in [2.45, 2.75) is 29.8 Å². The summed E-state index contributed by atoms with van der Waals surface area (Å²) in [7, 11) is 1.64. The van der Waals surface area contributed by atoms with Crippen LogP contribution < -0.4 is 5.32 Å². The van der Waals surface area contributed by atoms with Crippen LogP contribution >= 0.6 is 11.8 Å². The molecule has 0 saturated carbocycles. The van der Waals surface area contributed by atoms with E-state index in [0.717, 1.165) is 5.56 Å². The van der Waals surface area contributed by atoms with E-state index < -0.39 is 35.0 Å². The van der Waals surface area contributed by atoms with Gasteiger partial charge in [-0.05, 0) is 23.8 Å². The third-order valence-corrected chi connectivity index (χ3v) is 5.48. The molecule has 1 heterocycles. The van der Waals surface area contributed by atoms with Crippen LogP contribution in [0.15, 0.2) is 53.7 Å². The number of hydrogen-bond acceptors (Lipinski definition) is 4. The number of alkyl halides is 6. The van der Waals surface area contributed by atoms with Gasteiger partial charge in [0.1, 0.15) is 0 Å². The SMILES string of the molecule is Cn1c(CNC(=O)c2cc(C(F)(F)F)cc(C(F)(F)F)c2)nnc1SCc1ccccc1. The van der Waals surface area contributed by atoms with Crippen LogP contribution in [0.2, 0.25) is 0 Å². The van der Waals surface area contributed by atoms with Gasteiger partial charge in [-0.1, -0.05) is 42.1 Å². The average molecular weight is 474 g/mol. The molecule has 1 aromatic heterocycles. The Morgan fingerprint density at radius 2 is 1.56 bits per heavy atom. The van der Waals surface area contributed by atoms with Crippen molar-refractivity contribution in [2.24, 2.45) is 7.05 Å². The minimum atomic E-state index is -5.04. The molecule has 170 valence electrons. The smallest absolute Gasteiger partial charge is 0.345 e. The predicted molar refractivity (Wildman–Crippen MR) is 105 cm³/mol. The second-order valence-electron chi connectivity index (χ2n) is 6.71. The normalized spacial score (nSPS) is 12.1. The summed E-state index contributed by atoms with van der Waals surface area (Å²) >= 11 is 1.39. The number of thioether (sulfide) groups is 1. The lowest BCUT2D eigenvalue weighted by Gasteiger charge is -2.14. The molecule has 0 unspecified atom stereocenters. The highest BCUT2D eigenvalue weighted by Gasteiger charge is 2.37. The fourth-order valence-corrected chi connectivity index (χ4v) is 3.58. The molecule has 2 aromatic carbocycles.